The molecule has 0 rings (SSSR count). The zero-order chi connectivity index (χ0) is 9.61. The summed E-state index contributed by atoms with van der Waals surface area (Å²) in [5.74, 6) is -1.78. The number of halogens is 3. The first kappa shape index (κ1) is 11.6. The largest absolute Gasteiger partial charge is 0.416 e. The molecule has 3 nitrogen and oxygen atoms in total. The van der Waals surface area contributed by atoms with Crippen molar-refractivity contribution in [2.24, 2.45) is 0 Å². The van der Waals surface area contributed by atoms with Gasteiger partial charge in [-0.25, -0.2) is 9.74 Å². The number of unbranched alkanes of at least 4 members (excludes halogenated alkanes) is 1. The molecule has 0 aliphatic heterocycles. The summed E-state index contributed by atoms with van der Waals surface area (Å²) in [4.78, 5) is 12.9. The number of alkyl halides is 2. The fourth-order valence-electron chi connectivity index (χ4n) is 0.543. The maximum Gasteiger partial charge on any atom is 0.416 e. The monoisotopic (exact) mass is 201 g/mol. The van der Waals surface area contributed by atoms with E-state index in [9.17, 15) is 13.7 Å². The van der Waals surface area contributed by atoms with E-state index in [0.717, 1.165) is 6.42 Å². The summed E-state index contributed by atoms with van der Waals surface area (Å²) in [5, 5.41) is -0.960. The Morgan fingerprint density at radius 2 is 2.33 bits per heavy atom. The zero-order valence-electron chi connectivity index (χ0n) is 6.57. The minimum absolute atomic E-state index is 0.186. The van der Waals surface area contributed by atoms with Crippen molar-refractivity contribution in [3.05, 3.63) is 0 Å². The molecule has 0 amide bonds. The van der Waals surface area contributed by atoms with Crippen molar-refractivity contribution in [1.82, 2.24) is 5.32 Å². The number of carbonyl (C=O) groups excluding carboxylic acids is 1. The lowest BCUT2D eigenvalue weighted by Crippen LogP contribution is -2.43. The summed E-state index contributed by atoms with van der Waals surface area (Å²) in [6.07, 6.45) is 1.45. The molecule has 0 saturated carbocycles. The minimum Gasteiger partial charge on any atom is -0.262 e. The minimum atomic E-state index is -2.95. The lowest BCUT2D eigenvalue weighted by atomic mass is 10.3. The van der Waals surface area contributed by atoms with E-state index in [4.69, 9.17) is 11.6 Å². The van der Waals surface area contributed by atoms with Crippen molar-refractivity contribution >= 4 is 17.6 Å². The van der Waals surface area contributed by atoms with Gasteiger partial charge in [-0.2, -0.15) is 4.39 Å². The molecule has 0 bridgehead atoms. The van der Waals surface area contributed by atoms with E-state index >= 15 is 0 Å². The Morgan fingerprint density at radius 3 is 2.75 bits per heavy atom. The molecule has 6 heteroatoms. The fraction of sp³-hybridized carbons (Fsp3) is 0.833. The van der Waals surface area contributed by atoms with Crippen LogP contribution in [0.15, 0.2) is 0 Å². The first-order chi connectivity index (χ1) is 5.54. The first-order valence-corrected chi connectivity index (χ1v) is 3.88. The van der Waals surface area contributed by atoms with Crippen LogP contribution in [0, 0.1) is 0 Å². The predicted octanol–water partition coefficient (Wildman–Crippen LogP) is 1.67. The molecule has 0 saturated heterocycles. The van der Waals surface area contributed by atoms with E-state index < -0.39 is 11.2 Å². The van der Waals surface area contributed by atoms with Crippen LogP contribution in [0.2, 0.25) is 0 Å². The van der Waals surface area contributed by atoms with E-state index in [1.165, 1.54) is 0 Å². The topological polar surface area (TPSA) is 38.3 Å². The lowest BCUT2D eigenvalue weighted by Gasteiger charge is -2.13. The van der Waals surface area contributed by atoms with Crippen LogP contribution in [-0.4, -0.2) is 17.8 Å². The number of hydrogen-bond donors (Lipinski definition) is 1. The number of hydrogen-bond acceptors (Lipinski definition) is 3. The number of carbonyl (C=O) groups is 1. The normalized spacial score (nSPS) is 15.3. The fourth-order valence-corrected chi connectivity index (χ4v) is 0.666. The lowest BCUT2D eigenvalue weighted by molar-refractivity contribution is -0.194. The molecule has 72 valence electrons. The summed E-state index contributed by atoms with van der Waals surface area (Å²) in [7, 11) is 0. The third kappa shape index (κ3) is 3.82. The Bertz CT molecular complexity index is 154. The van der Waals surface area contributed by atoms with Gasteiger partial charge >= 0.3 is 11.2 Å². The molecule has 12 heavy (non-hydrogen) atoms. The van der Waals surface area contributed by atoms with Crippen molar-refractivity contribution in [3.63, 3.8) is 0 Å². The predicted molar refractivity (Wildman–Crippen MR) is 39.8 cm³/mol. The van der Waals surface area contributed by atoms with Crippen LogP contribution in [0.3, 0.4) is 0 Å². The van der Waals surface area contributed by atoms with Crippen molar-refractivity contribution in [2.75, 3.05) is 6.54 Å². The summed E-state index contributed by atoms with van der Waals surface area (Å²) < 4.78 is 23.9. The second-order valence-corrected chi connectivity index (χ2v) is 2.74. The molecule has 0 radical (unpaired) electrons. The maximum absolute atomic E-state index is 12.7. The molecular weight excluding hydrogens is 192 g/mol. The smallest absolute Gasteiger partial charge is 0.262 e. The molecule has 1 N–H and O–H groups in total. The summed E-state index contributed by atoms with van der Waals surface area (Å²) >= 11 is 4.93. The molecule has 1 atom stereocenters. The quantitative estimate of drug-likeness (QED) is 0.418. The Hall–Kier alpha value is -0.420. The average molecular weight is 202 g/mol. The standard InChI is InChI=1S/C6H10ClF2NO2/c1-2-3-4-10-6(7,8)5(11)12-9/h10H,2-4H2,1H3. The van der Waals surface area contributed by atoms with Crippen LogP contribution in [0.4, 0.5) is 8.92 Å². The second-order valence-electron chi connectivity index (χ2n) is 2.22. The van der Waals surface area contributed by atoms with Gasteiger partial charge in [0.25, 0.3) is 0 Å². The van der Waals surface area contributed by atoms with Gasteiger partial charge in [0.1, 0.15) is 0 Å². The van der Waals surface area contributed by atoms with Crippen LogP contribution in [0.25, 0.3) is 0 Å². The SMILES string of the molecule is CCCCNC(F)(Cl)C(=O)OF. The van der Waals surface area contributed by atoms with E-state index in [0.29, 0.717) is 6.42 Å². The molecule has 0 heterocycles. The molecule has 0 aromatic carbocycles. The molecule has 0 aromatic rings. The summed E-state index contributed by atoms with van der Waals surface area (Å²) in [6, 6.07) is 0. The molecule has 1 unspecified atom stereocenters. The molecule has 0 aliphatic carbocycles. The molecular formula is C6H10ClF2NO2. The second kappa shape index (κ2) is 5.27. The van der Waals surface area contributed by atoms with Gasteiger partial charge in [0.2, 0.25) is 0 Å². The Balaban J connectivity index is 3.78. The van der Waals surface area contributed by atoms with Gasteiger partial charge in [0.15, 0.2) is 0 Å². The van der Waals surface area contributed by atoms with Gasteiger partial charge in [-0.05, 0) is 13.0 Å². The average Bonchev–Trinajstić information content (AvgIpc) is 2.03. The summed E-state index contributed by atoms with van der Waals surface area (Å²) in [6.45, 7) is 2.06. The van der Waals surface area contributed by atoms with Crippen LogP contribution in [0.5, 0.6) is 0 Å². The van der Waals surface area contributed by atoms with Gasteiger partial charge in [0.05, 0.1) is 0 Å². The highest BCUT2D eigenvalue weighted by molar-refractivity contribution is 6.32. The Labute approximate surface area is 73.9 Å². The van der Waals surface area contributed by atoms with E-state index in [-0.39, 0.29) is 6.54 Å². The molecule has 0 fully saturated rings. The van der Waals surface area contributed by atoms with E-state index in [2.05, 4.69) is 4.94 Å². The van der Waals surface area contributed by atoms with E-state index in [1.54, 1.807) is 0 Å². The van der Waals surface area contributed by atoms with Crippen LogP contribution in [-0.2, 0) is 9.74 Å². The van der Waals surface area contributed by atoms with Gasteiger partial charge in [-0.15, -0.1) is 0 Å². The highest BCUT2D eigenvalue weighted by atomic mass is 35.5. The maximum atomic E-state index is 12.7. The highest BCUT2D eigenvalue weighted by Gasteiger charge is 2.38. The zero-order valence-corrected chi connectivity index (χ0v) is 7.33. The molecule has 0 spiro atoms. The third-order valence-electron chi connectivity index (χ3n) is 1.20. The van der Waals surface area contributed by atoms with Crippen LogP contribution >= 0.6 is 11.6 Å². The van der Waals surface area contributed by atoms with Gasteiger partial charge in [0, 0.05) is 4.53 Å². The Morgan fingerprint density at radius 1 is 1.75 bits per heavy atom. The van der Waals surface area contributed by atoms with Gasteiger partial charge in [-0.1, -0.05) is 24.9 Å². The highest BCUT2D eigenvalue weighted by Crippen LogP contribution is 2.15. The third-order valence-corrected chi connectivity index (χ3v) is 1.49. The number of rotatable bonds is 5. The van der Waals surface area contributed by atoms with E-state index in [1.807, 2.05) is 12.2 Å². The van der Waals surface area contributed by atoms with Gasteiger partial charge in [-0.3, -0.25) is 5.32 Å². The number of nitrogens with one attached hydrogen (secondary N) is 1. The molecule has 0 aliphatic rings. The van der Waals surface area contributed by atoms with Crippen LogP contribution < -0.4 is 5.32 Å². The van der Waals surface area contributed by atoms with Crippen molar-refractivity contribution in [3.8, 4) is 0 Å². The van der Waals surface area contributed by atoms with Gasteiger partial charge < -0.3 is 0 Å². The van der Waals surface area contributed by atoms with Crippen molar-refractivity contribution in [1.29, 1.82) is 0 Å². The van der Waals surface area contributed by atoms with Crippen LogP contribution in [0.1, 0.15) is 19.8 Å². The Kier molecular flexibility index (Phi) is 5.08. The molecule has 0 aromatic heterocycles. The van der Waals surface area contributed by atoms with Crippen molar-refractivity contribution in [2.45, 2.75) is 25.0 Å². The van der Waals surface area contributed by atoms with Crippen molar-refractivity contribution < 1.29 is 18.7 Å². The summed E-state index contributed by atoms with van der Waals surface area (Å²) in [5.41, 5.74) is 0. The first-order valence-electron chi connectivity index (χ1n) is 3.50.